The van der Waals surface area contributed by atoms with Crippen LogP contribution < -0.4 is 10.9 Å². The second kappa shape index (κ2) is 6.85. The van der Waals surface area contributed by atoms with E-state index < -0.39 is 12.0 Å². The molecule has 0 radical (unpaired) electrons. The maximum absolute atomic E-state index is 11.9. The molecule has 0 spiro atoms. The molecule has 0 aliphatic rings. The minimum absolute atomic E-state index is 0.0108. The molecule has 19 heavy (non-hydrogen) atoms. The molecule has 1 amide bonds. The molecular formula is C11H12Br2N2O4. The van der Waals surface area contributed by atoms with Crippen molar-refractivity contribution in [1.29, 1.82) is 0 Å². The molecule has 0 aromatic carbocycles. The molecule has 1 aromatic rings. The molecule has 1 rings (SSSR count). The van der Waals surface area contributed by atoms with Crippen molar-refractivity contribution in [2.75, 3.05) is 7.11 Å². The lowest BCUT2D eigenvalue weighted by Gasteiger charge is -2.17. The molecule has 1 N–H and O–H groups in total. The van der Waals surface area contributed by atoms with E-state index in [1.807, 2.05) is 0 Å². The summed E-state index contributed by atoms with van der Waals surface area (Å²) < 4.78 is 6.93. The molecule has 6 nitrogen and oxygen atoms in total. The highest BCUT2D eigenvalue weighted by Gasteiger charge is 2.21. The van der Waals surface area contributed by atoms with Crippen LogP contribution in [0.1, 0.15) is 6.92 Å². The average molecular weight is 396 g/mol. The molecule has 1 unspecified atom stereocenters. The van der Waals surface area contributed by atoms with Gasteiger partial charge in [-0.25, -0.2) is 4.79 Å². The molecule has 0 aliphatic carbocycles. The number of esters is 1. The van der Waals surface area contributed by atoms with E-state index in [1.54, 1.807) is 6.07 Å². The minimum atomic E-state index is -0.915. The third kappa shape index (κ3) is 4.46. The van der Waals surface area contributed by atoms with Crippen LogP contribution in [0.2, 0.25) is 0 Å². The van der Waals surface area contributed by atoms with E-state index in [2.05, 4.69) is 41.9 Å². The van der Waals surface area contributed by atoms with Crippen LogP contribution in [0.25, 0.3) is 0 Å². The molecule has 0 fully saturated rings. The Bertz CT molecular complexity index is 556. The van der Waals surface area contributed by atoms with E-state index in [-0.39, 0.29) is 18.0 Å². The second-order valence-corrected chi connectivity index (χ2v) is 5.51. The number of aromatic nitrogens is 1. The van der Waals surface area contributed by atoms with Crippen LogP contribution in [0.3, 0.4) is 0 Å². The minimum Gasteiger partial charge on any atom is -0.467 e. The average Bonchev–Trinajstić information content (AvgIpc) is 2.32. The predicted molar refractivity (Wildman–Crippen MR) is 75.7 cm³/mol. The zero-order chi connectivity index (χ0) is 14.6. The highest BCUT2D eigenvalue weighted by molar-refractivity contribution is 9.11. The standard InChI is InChI=1S/C11H12Br2N2O4/c1-6(16)14-9(11(18)19-2)5-15-4-7(12)3-8(13)10(15)17/h3-4,9H,5H2,1-2H3,(H,14,16). The Morgan fingerprint density at radius 1 is 1.47 bits per heavy atom. The Kier molecular flexibility index (Phi) is 5.74. The summed E-state index contributed by atoms with van der Waals surface area (Å²) in [7, 11) is 1.22. The molecule has 1 atom stereocenters. The Labute approximate surface area is 126 Å². The molecule has 0 saturated heterocycles. The first-order valence-corrected chi connectivity index (χ1v) is 6.84. The first-order chi connectivity index (χ1) is 8.85. The Hall–Kier alpha value is -1.15. The zero-order valence-electron chi connectivity index (χ0n) is 10.3. The summed E-state index contributed by atoms with van der Waals surface area (Å²) in [5.74, 6) is -0.990. The van der Waals surface area contributed by atoms with Gasteiger partial charge in [-0.05, 0) is 37.9 Å². The highest BCUT2D eigenvalue weighted by Crippen LogP contribution is 2.13. The van der Waals surface area contributed by atoms with Gasteiger partial charge in [0, 0.05) is 17.6 Å². The molecule has 1 aromatic heterocycles. The van der Waals surface area contributed by atoms with Crippen molar-refractivity contribution >= 4 is 43.7 Å². The SMILES string of the molecule is COC(=O)C(Cn1cc(Br)cc(Br)c1=O)NC(C)=O. The van der Waals surface area contributed by atoms with Crippen molar-refractivity contribution in [3.05, 3.63) is 31.6 Å². The van der Waals surface area contributed by atoms with Crippen molar-refractivity contribution < 1.29 is 14.3 Å². The first kappa shape index (κ1) is 15.9. The van der Waals surface area contributed by atoms with Crippen LogP contribution in [-0.2, 0) is 20.9 Å². The summed E-state index contributed by atoms with van der Waals surface area (Å²) in [5.41, 5.74) is -0.303. The monoisotopic (exact) mass is 394 g/mol. The lowest BCUT2D eigenvalue weighted by molar-refractivity contribution is -0.145. The fourth-order valence-corrected chi connectivity index (χ4v) is 2.72. The normalized spacial score (nSPS) is 11.8. The van der Waals surface area contributed by atoms with E-state index in [9.17, 15) is 14.4 Å². The van der Waals surface area contributed by atoms with Crippen molar-refractivity contribution in [3.63, 3.8) is 0 Å². The third-order valence-corrected chi connectivity index (χ3v) is 3.25. The Morgan fingerprint density at radius 3 is 2.63 bits per heavy atom. The summed E-state index contributed by atoms with van der Waals surface area (Å²) in [6.45, 7) is 1.28. The number of hydrogen-bond acceptors (Lipinski definition) is 4. The molecule has 1 heterocycles. The number of rotatable bonds is 4. The van der Waals surface area contributed by atoms with E-state index >= 15 is 0 Å². The Balaban J connectivity index is 3.06. The smallest absolute Gasteiger partial charge is 0.330 e. The summed E-state index contributed by atoms with van der Waals surface area (Å²) in [6, 6.07) is 0.686. The van der Waals surface area contributed by atoms with Crippen molar-refractivity contribution in [1.82, 2.24) is 9.88 Å². The van der Waals surface area contributed by atoms with Crippen LogP contribution in [0.4, 0.5) is 0 Å². The largest absolute Gasteiger partial charge is 0.467 e. The molecule has 0 saturated carbocycles. The van der Waals surface area contributed by atoms with Gasteiger partial charge in [0.25, 0.3) is 5.56 Å². The van der Waals surface area contributed by atoms with Crippen LogP contribution in [0.15, 0.2) is 26.0 Å². The van der Waals surface area contributed by atoms with E-state index in [1.165, 1.54) is 24.8 Å². The first-order valence-electron chi connectivity index (χ1n) is 5.25. The zero-order valence-corrected chi connectivity index (χ0v) is 13.4. The van der Waals surface area contributed by atoms with Crippen molar-refractivity contribution in [3.8, 4) is 0 Å². The fourth-order valence-electron chi connectivity index (χ4n) is 1.46. The number of amides is 1. The van der Waals surface area contributed by atoms with E-state index in [4.69, 9.17) is 0 Å². The number of halogens is 2. The van der Waals surface area contributed by atoms with E-state index in [0.717, 1.165) is 0 Å². The van der Waals surface area contributed by atoms with Gasteiger partial charge in [0.2, 0.25) is 5.91 Å². The lowest BCUT2D eigenvalue weighted by Crippen LogP contribution is -2.45. The molecule has 0 bridgehead atoms. The maximum Gasteiger partial charge on any atom is 0.330 e. The highest BCUT2D eigenvalue weighted by atomic mass is 79.9. The topological polar surface area (TPSA) is 77.4 Å². The lowest BCUT2D eigenvalue weighted by atomic mass is 10.3. The molecular weight excluding hydrogens is 384 g/mol. The number of nitrogens with zero attached hydrogens (tertiary/aromatic N) is 1. The van der Waals surface area contributed by atoms with Gasteiger partial charge >= 0.3 is 5.97 Å². The van der Waals surface area contributed by atoms with Gasteiger partial charge < -0.3 is 14.6 Å². The summed E-state index contributed by atoms with van der Waals surface area (Å²) >= 11 is 6.37. The van der Waals surface area contributed by atoms with E-state index in [0.29, 0.717) is 8.95 Å². The third-order valence-electron chi connectivity index (χ3n) is 2.25. The number of ether oxygens (including phenoxy) is 1. The van der Waals surface area contributed by atoms with Gasteiger partial charge in [-0.3, -0.25) is 9.59 Å². The van der Waals surface area contributed by atoms with Crippen LogP contribution in [0.5, 0.6) is 0 Å². The van der Waals surface area contributed by atoms with Gasteiger partial charge in [0.1, 0.15) is 6.04 Å². The van der Waals surface area contributed by atoms with Gasteiger partial charge in [0.05, 0.1) is 18.1 Å². The number of pyridine rings is 1. The summed E-state index contributed by atoms with van der Waals surface area (Å²) in [4.78, 5) is 34.5. The van der Waals surface area contributed by atoms with Crippen LogP contribution in [0, 0.1) is 0 Å². The van der Waals surface area contributed by atoms with Crippen LogP contribution in [-0.4, -0.2) is 29.6 Å². The van der Waals surface area contributed by atoms with Gasteiger partial charge in [-0.2, -0.15) is 0 Å². The molecule has 8 heteroatoms. The summed E-state index contributed by atoms with van der Waals surface area (Å²) in [6.07, 6.45) is 1.53. The summed E-state index contributed by atoms with van der Waals surface area (Å²) in [5, 5.41) is 2.44. The number of hydrogen-bond donors (Lipinski definition) is 1. The molecule has 0 aliphatic heterocycles. The quantitative estimate of drug-likeness (QED) is 0.773. The maximum atomic E-state index is 11.9. The number of methoxy groups -OCH3 is 1. The van der Waals surface area contributed by atoms with Crippen molar-refractivity contribution in [2.24, 2.45) is 0 Å². The Morgan fingerprint density at radius 2 is 2.11 bits per heavy atom. The van der Waals surface area contributed by atoms with Gasteiger partial charge in [0.15, 0.2) is 0 Å². The number of nitrogens with one attached hydrogen (secondary N) is 1. The fraction of sp³-hybridized carbons (Fsp3) is 0.364. The number of carbonyl (C=O) groups is 2. The second-order valence-electron chi connectivity index (χ2n) is 3.74. The predicted octanol–water partition coefficient (Wildman–Crippen LogP) is 1.05. The van der Waals surface area contributed by atoms with Gasteiger partial charge in [-0.1, -0.05) is 0 Å². The van der Waals surface area contributed by atoms with Gasteiger partial charge in [-0.15, -0.1) is 0 Å². The number of carbonyl (C=O) groups excluding carboxylic acids is 2. The molecule has 104 valence electrons. The van der Waals surface area contributed by atoms with Crippen molar-refractivity contribution in [2.45, 2.75) is 19.5 Å². The van der Waals surface area contributed by atoms with Crippen LogP contribution >= 0.6 is 31.9 Å².